The molecule has 2 aromatic rings. The fourth-order valence-corrected chi connectivity index (χ4v) is 5.27. The van der Waals surface area contributed by atoms with E-state index in [0.29, 0.717) is 17.7 Å². The molecule has 1 saturated carbocycles. The van der Waals surface area contributed by atoms with Crippen LogP contribution in [0.3, 0.4) is 0 Å². The van der Waals surface area contributed by atoms with Crippen molar-refractivity contribution in [3.05, 3.63) is 59.5 Å². The van der Waals surface area contributed by atoms with Crippen molar-refractivity contribution in [1.82, 2.24) is 15.6 Å². The van der Waals surface area contributed by atoms with Crippen molar-refractivity contribution in [2.75, 3.05) is 31.6 Å². The molecule has 160 valence electrons. The van der Waals surface area contributed by atoms with Crippen LogP contribution in [0.2, 0.25) is 0 Å². The highest BCUT2D eigenvalue weighted by Crippen LogP contribution is 2.59. The van der Waals surface area contributed by atoms with Gasteiger partial charge in [-0.05, 0) is 60.3 Å². The Morgan fingerprint density at radius 1 is 1.23 bits per heavy atom. The molecule has 30 heavy (non-hydrogen) atoms. The molecule has 0 amide bonds. The van der Waals surface area contributed by atoms with Gasteiger partial charge in [-0.2, -0.15) is 0 Å². The minimum atomic E-state index is -0.257. The van der Waals surface area contributed by atoms with Gasteiger partial charge in [0.1, 0.15) is 0 Å². The highest BCUT2D eigenvalue weighted by molar-refractivity contribution is 14.0. The van der Waals surface area contributed by atoms with E-state index in [1.54, 1.807) is 17.8 Å². The van der Waals surface area contributed by atoms with E-state index in [0.717, 1.165) is 37.9 Å². The lowest BCUT2D eigenvalue weighted by atomic mass is 9.92. The van der Waals surface area contributed by atoms with E-state index in [9.17, 15) is 4.39 Å². The molecule has 5 rings (SSSR count). The van der Waals surface area contributed by atoms with Gasteiger partial charge in [-0.25, -0.2) is 9.37 Å². The molecule has 3 aliphatic rings. The van der Waals surface area contributed by atoms with E-state index in [2.05, 4.69) is 44.9 Å². The molecular weight excluding hydrogens is 492 g/mol. The van der Waals surface area contributed by atoms with Gasteiger partial charge < -0.3 is 15.5 Å². The Labute approximate surface area is 194 Å². The first kappa shape index (κ1) is 21.3. The summed E-state index contributed by atoms with van der Waals surface area (Å²) in [5.41, 5.74) is 3.09. The molecule has 1 saturated heterocycles. The third-order valence-corrected chi connectivity index (χ3v) is 6.79. The predicted molar refractivity (Wildman–Crippen MR) is 129 cm³/mol. The average molecular weight is 521 g/mol. The van der Waals surface area contributed by atoms with E-state index in [4.69, 9.17) is 0 Å². The molecule has 1 aromatic heterocycles. The van der Waals surface area contributed by atoms with Crippen molar-refractivity contribution in [1.29, 1.82) is 0 Å². The molecule has 4 atom stereocenters. The zero-order chi connectivity index (χ0) is 19.8. The lowest BCUT2D eigenvalue weighted by Gasteiger charge is -2.20. The number of fused-ring (bicyclic) bond motifs is 3. The predicted octanol–water partition coefficient (Wildman–Crippen LogP) is 3.56. The van der Waals surface area contributed by atoms with Crippen LogP contribution >= 0.6 is 24.0 Å². The molecule has 4 unspecified atom stereocenters. The SMILES string of the molecule is CN=C(NCC1C2CCc3ccccc3C21)NC1CCN(c2ncccc2F)C1.I. The van der Waals surface area contributed by atoms with Gasteiger partial charge in [-0.3, -0.25) is 4.99 Å². The number of halogens is 2. The van der Waals surface area contributed by atoms with Crippen LogP contribution in [0, 0.1) is 17.7 Å². The number of rotatable bonds is 4. The quantitative estimate of drug-likeness (QED) is 0.367. The molecule has 1 aliphatic heterocycles. The fraction of sp³-hybridized carbons (Fsp3) is 0.478. The Kier molecular flexibility index (Phi) is 6.46. The molecule has 0 radical (unpaired) electrons. The van der Waals surface area contributed by atoms with Crippen molar-refractivity contribution in [2.24, 2.45) is 16.8 Å². The van der Waals surface area contributed by atoms with Gasteiger partial charge in [-0.15, -0.1) is 24.0 Å². The standard InChI is InChI=1S/C23H28FN5.HI/c1-25-23(28-16-10-12-29(14-16)22-20(24)7-4-11-26-22)27-13-19-18-9-8-15-5-2-3-6-17(15)21(18)19;/h2-7,11,16,18-19,21H,8-10,12-14H2,1H3,(H2,25,27,28);1H. The maximum Gasteiger partial charge on any atom is 0.191 e. The number of benzene rings is 1. The molecule has 2 heterocycles. The minimum absolute atomic E-state index is 0. The summed E-state index contributed by atoms with van der Waals surface area (Å²) in [7, 11) is 1.82. The number of nitrogens with zero attached hydrogens (tertiary/aromatic N) is 3. The first-order chi connectivity index (χ1) is 14.2. The van der Waals surface area contributed by atoms with Crippen LogP contribution in [-0.2, 0) is 6.42 Å². The summed E-state index contributed by atoms with van der Waals surface area (Å²) < 4.78 is 14.0. The van der Waals surface area contributed by atoms with E-state index in [1.165, 1.54) is 24.5 Å². The summed E-state index contributed by atoms with van der Waals surface area (Å²) in [4.78, 5) is 10.6. The van der Waals surface area contributed by atoms with Crippen LogP contribution in [0.25, 0.3) is 0 Å². The molecule has 7 heteroatoms. The third kappa shape index (κ3) is 4.13. The number of aryl methyl sites for hydroxylation is 1. The van der Waals surface area contributed by atoms with Gasteiger partial charge in [0.25, 0.3) is 0 Å². The number of anilines is 1. The topological polar surface area (TPSA) is 52.6 Å². The van der Waals surface area contributed by atoms with E-state index in [-0.39, 0.29) is 35.8 Å². The van der Waals surface area contributed by atoms with Gasteiger partial charge in [-0.1, -0.05) is 24.3 Å². The number of pyridine rings is 1. The van der Waals surface area contributed by atoms with Gasteiger partial charge in [0, 0.05) is 38.9 Å². The molecule has 0 spiro atoms. The van der Waals surface area contributed by atoms with Crippen molar-refractivity contribution in [2.45, 2.75) is 31.2 Å². The van der Waals surface area contributed by atoms with Crippen molar-refractivity contribution in [3.8, 4) is 0 Å². The normalized spacial score (nSPS) is 27.0. The first-order valence-corrected chi connectivity index (χ1v) is 10.6. The summed E-state index contributed by atoms with van der Waals surface area (Å²) >= 11 is 0. The number of guanidine groups is 1. The maximum absolute atomic E-state index is 14.0. The Bertz CT molecular complexity index is 920. The fourth-order valence-electron chi connectivity index (χ4n) is 5.27. The smallest absolute Gasteiger partial charge is 0.191 e. The first-order valence-electron chi connectivity index (χ1n) is 10.6. The van der Waals surface area contributed by atoms with Crippen LogP contribution in [-0.4, -0.2) is 43.7 Å². The van der Waals surface area contributed by atoms with Gasteiger partial charge >= 0.3 is 0 Å². The van der Waals surface area contributed by atoms with Crippen molar-refractivity contribution < 1.29 is 4.39 Å². The average Bonchev–Trinajstić information content (AvgIpc) is 3.28. The highest BCUT2D eigenvalue weighted by Gasteiger charge is 2.52. The Balaban J connectivity index is 0.00000218. The number of aromatic nitrogens is 1. The second-order valence-corrected chi connectivity index (χ2v) is 8.43. The lowest BCUT2D eigenvalue weighted by Crippen LogP contribution is -2.45. The molecule has 1 aromatic carbocycles. The largest absolute Gasteiger partial charge is 0.356 e. The van der Waals surface area contributed by atoms with Gasteiger partial charge in [0.05, 0.1) is 0 Å². The van der Waals surface area contributed by atoms with Gasteiger partial charge in [0.2, 0.25) is 0 Å². The van der Waals surface area contributed by atoms with E-state index < -0.39 is 0 Å². The maximum atomic E-state index is 14.0. The molecule has 2 fully saturated rings. The lowest BCUT2D eigenvalue weighted by molar-refractivity contribution is 0.603. The Morgan fingerprint density at radius 2 is 2.10 bits per heavy atom. The summed E-state index contributed by atoms with van der Waals surface area (Å²) in [5, 5.41) is 7.06. The molecule has 2 N–H and O–H groups in total. The van der Waals surface area contributed by atoms with Crippen LogP contribution in [0.5, 0.6) is 0 Å². The number of aliphatic imine (C=N–C) groups is 1. The Hall–Kier alpha value is -1.90. The Morgan fingerprint density at radius 3 is 2.93 bits per heavy atom. The van der Waals surface area contributed by atoms with Crippen LogP contribution in [0.4, 0.5) is 10.2 Å². The minimum Gasteiger partial charge on any atom is -0.356 e. The third-order valence-electron chi connectivity index (χ3n) is 6.79. The van der Waals surface area contributed by atoms with Crippen LogP contribution in [0.15, 0.2) is 47.6 Å². The van der Waals surface area contributed by atoms with Crippen molar-refractivity contribution >= 4 is 35.8 Å². The zero-order valence-electron chi connectivity index (χ0n) is 17.2. The molecule has 2 aliphatic carbocycles. The highest BCUT2D eigenvalue weighted by atomic mass is 127. The summed E-state index contributed by atoms with van der Waals surface area (Å²) in [6.45, 7) is 2.48. The number of hydrogen-bond acceptors (Lipinski definition) is 3. The molecule has 0 bridgehead atoms. The van der Waals surface area contributed by atoms with Crippen LogP contribution < -0.4 is 15.5 Å². The number of hydrogen-bond donors (Lipinski definition) is 2. The second kappa shape index (κ2) is 9.08. The van der Waals surface area contributed by atoms with Crippen LogP contribution in [0.1, 0.15) is 29.9 Å². The van der Waals surface area contributed by atoms with Gasteiger partial charge in [0.15, 0.2) is 17.6 Å². The zero-order valence-corrected chi connectivity index (χ0v) is 19.6. The molecule has 5 nitrogen and oxygen atoms in total. The summed E-state index contributed by atoms with van der Waals surface area (Å²) in [6, 6.07) is 12.3. The van der Waals surface area contributed by atoms with E-state index >= 15 is 0 Å². The summed E-state index contributed by atoms with van der Waals surface area (Å²) in [6.07, 6.45) is 5.10. The second-order valence-electron chi connectivity index (χ2n) is 8.43. The molecular formula is C23H29FIN5. The monoisotopic (exact) mass is 521 g/mol. The van der Waals surface area contributed by atoms with Crippen molar-refractivity contribution in [3.63, 3.8) is 0 Å². The van der Waals surface area contributed by atoms with E-state index in [1.807, 2.05) is 11.9 Å². The summed E-state index contributed by atoms with van der Waals surface area (Å²) in [5.74, 6) is 3.24. The number of nitrogens with one attached hydrogen (secondary N) is 2.